The highest BCUT2D eigenvalue weighted by Crippen LogP contribution is 2.37. The van der Waals surface area contributed by atoms with Crippen LogP contribution >= 0.6 is 23.1 Å². The average molecular weight is 899 g/mol. The van der Waals surface area contributed by atoms with Gasteiger partial charge in [0.15, 0.2) is 23.0 Å². The highest BCUT2D eigenvalue weighted by atomic mass is 32.2. The van der Waals surface area contributed by atoms with E-state index in [1.165, 1.54) is 34.3 Å². The molecule has 0 amide bonds. The minimum absolute atomic E-state index is 0. The first-order chi connectivity index (χ1) is 30.8. The molecule has 0 fully saturated rings. The van der Waals surface area contributed by atoms with Gasteiger partial charge >= 0.3 is 0 Å². The van der Waals surface area contributed by atoms with Crippen molar-refractivity contribution in [2.45, 2.75) is 34.1 Å². The van der Waals surface area contributed by atoms with Crippen molar-refractivity contribution in [2.75, 3.05) is 43.9 Å². The highest BCUT2D eigenvalue weighted by molar-refractivity contribution is 8.03. The molecular weight excluding hydrogens is 849 g/mol. The summed E-state index contributed by atoms with van der Waals surface area (Å²) in [5.41, 5.74) is 9.49. The number of aromatic hydroxyl groups is 1. The summed E-state index contributed by atoms with van der Waals surface area (Å²) in [5, 5.41) is 32.4. The number of nitrogens with one attached hydrogen (secondary N) is 5. The van der Waals surface area contributed by atoms with Gasteiger partial charge in [0.05, 0.1) is 48.9 Å². The van der Waals surface area contributed by atoms with Gasteiger partial charge in [-0.15, -0.1) is 23.1 Å². The lowest BCUT2D eigenvalue weighted by Gasteiger charge is -2.14. The van der Waals surface area contributed by atoms with Gasteiger partial charge in [-0.2, -0.15) is 0 Å². The second-order valence-electron chi connectivity index (χ2n) is 14.3. The second kappa shape index (κ2) is 20.9. The number of H-pyrrole nitrogens is 2. The number of allylic oxidation sites excluding steroid dienone is 1. The maximum absolute atomic E-state index is 9.87. The number of aromatic nitrogens is 7. The van der Waals surface area contributed by atoms with Crippen LogP contribution in [0.25, 0.3) is 43.6 Å². The van der Waals surface area contributed by atoms with Gasteiger partial charge in [0, 0.05) is 92.6 Å². The molecule has 0 radical (unpaired) electrons. The van der Waals surface area contributed by atoms with Crippen molar-refractivity contribution in [2.24, 2.45) is 0 Å². The molecule has 64 heavy (non-hydrogen) atoms. The Kier molecular flexibility index (Phi) is 14.7. The summed E-state index contributed by atoms with van der Waals surface area (Å²) in [6.07, 6.45) is 8.47. The average Bonchev–Trinajstić information content (AvgIpc) is 4.13. The number of thiazole rings is 1. The van der Waals surface area contributed by atoms with E-state index >= 15 is 0 Å². The number of aryl methyl sites for hydroxylation is 1. The van der Waals surface area contributed by atoms with Crippen molar-refractivity contribution in [1.82, 2.24) is 40.2 Å². The fourth-order valence-electron chi connectivity index (χ4n) is 6.92. The van der Waals surface area contributed by atoms with Crippen LogP contribution in [0.1, 0.15) is 31.3 Å². The topological polar surface area (TPSA) is 200 Å². The number of benzene rings is 4. The standard InChI is InChI=1S/C23H23N5O2S.C17H14N4O2.C6H9NOS.CH4/c1-14-22(31-13-27-14)6-8-30-21-11-19-17(10-20(21)29-2)23(26-12-25-19)28-16-4-3-15-5-7-24-18(15)9-16;1-23-16-7-12-14(8-15(16)22)19-9-20-17(12)21-11-3-2-10-4-5-18-13(10)6-11;1-5-6(2-3-8)9-4-7-5;/h3-5,7,9-12,24,27H,6,8,13H2,1-2H3,(H,25,26,28);2-9,18,22H,1H3,(H,19,20,21);4,8H,2-3H2,1H3;1H4. The summed E-state index contributed by atoms with van der Waals surface area (Å²) in [4.78, 5) is 30.4. The first kappa shape index (κ1) is 45.0. The van der Waals surface area contributed by atoms with Crippen molar-refractivity contribution in [3.63, 3.8) is 0 Å². The number of anilines is 4. The number of ether oxygens (including phenoxy) is 3. The third-order valence-corrected chi connectivity index (χ3v) is 12.4. The van der Waals surface area contributed by atoms with Gasteiger partial charge in [0.1, 0.15) is 24.3 Å². The number of thioether (sulfide) groups is 1. The Balaban J connectivity index is 0.000000163. The molecule has 1 aliphatic rings. The van der Waals surface area contributed by atoms with Crippen LogP contribution in [0.4, 0.5) is 23.0 Å². The minimum atomic E-state index is 0. The number of rotatable bonds is 12. The van der Waals surface area contributed by atoms with Gasteiger partial charge in [0.2, 0.25) is 0 Å². The monoisotopic (exact) mass is 898 g/mol. The first-order valence-electron chi connectivity index (χ1n) is 20.0. The molecule has 0 bridgehead atoms. The third-order valence-electron chi connectivity index (χ3n) is 10.3. The molecule has 5 aromatic heterocycles. The Morgan fingerprint density at radius 3 is 1.86 bits per heavy atom. The van der Waals surface area contributed by atoms with Crippen molar-refractivity contribution in [3.05, 3.63) is 125 Å². The number of hydrogen-bond acceptors (Lipinski definition) is 15. The molecule has 0 atom stereocenters. The van der Waals surface area contributed by atoms with Crippen LogP contribution in [0, 0.1) is 6.92 Å². The van der Waals surface area contributed by atoms with Crippen LogP contribution < -0.4 is 30.2 Å². The molecule has 4 aromatic carbocycles. The summed E-state index contributed by atoms with van der Waals surface area (Å²) in [6.45, 7) is 4.87. The van der Waals surface area contributed by atoms with E-state index in [0.717, 1.165) is 74.3 Å². The Hall–Kier alpha value is -7.08. The van der Waals surface area contributed by atoms with Crippen LogP contribution in [0.3, 0.4) is 0 Å². The lowest BCUT2D eigenvalue weighted by Crippen LogP contribution is -2.04. The zero-order valence-corrected chi connectivity index (χ0v) is 36.7. The lowest BCUT2D eigenvalue weighted by molar-refractivity contribution is 0.299. The van der Waals surface area contributed by atoms with Crippen molar-refractivity contribution >= 4 is 89.7 Å². The summed E-state index contributed by atoms with van der Waals surface area (Å²) < 4.78 is 16.8. The Bertz CT molecular complexity index is 3040. The summed E-state index contributed by atoms with van der Waals surface area (Å²) >= 11 is 3.43. The third kappa shape index (κ3) is 10.4. The van der Waals surface area contributed by atoms with E-state index in [1.807, 2.05) is 79.6 Å². The zero-order chi connectivity index (χ0) is 43.7. The molecule has 1 aliphatic heterocycles. The number of nitrogens with zero attached hydrogens (tertiary/aromatic N) is 5. The van der Waals surface area contributed by atoms with E-state index in [2.05, 4.69) is 69.9 Å². The molecule has 9 aromatic rings. The summed E-state index contributed by atoms with van der Waals surface area (Å²) in [7, 11) is 3.16. The van der Waals surface area contributed by atoms with Gasteiger partial charge in [0.25, 0.3) is 0 Å². The molecule has 0 saturated carbocycles. The molecule has 330 valence electrons. The number of methoxy groups -OCH3 is 2. The SMILES string of the molecule is C.COc1cc2c(Nc3ccc4cc[nH]c4c3)ncnc2cc1O.COc1cc2c(Nc3ccc4cc[nH]c4c3)ncnc2cc1OCCC1=C(C)NCS1.Cc1ncsc1CCO. The maximum atomic E-state index is 9.87. The van der Waals surface area contributed by atoms with E-state index < -0.39 is 0 Å². The van der Waals surface area contributed by atoms with E-state index in [-0.39, 0.29) is 19.8 Å². The van der Waals surface area contributed by atoms with Crippen LogP contribution in [0.5, 0.6) is 23.0 Å². The minimum Gasteiger partial charge on any atom is -0.504 e. The summed E-state index contributed by atoms with van der Waals surface area (Å²) in [6, 6.07) is 23.4. The number of aliphatic hydroxyl groups is 1. The van der Waals surface area contributed by atoms with Gasteiger partial charge in [-0.1, -0.05) is 19.6 Å². The quantitative estimate of drug-likeness (QED) is 0.0611. The van der Waals surface area contributed by atoms with Crippen LogP contribution in [-0.4, -0.2) is 78.4 Å². The molecule has 15 nitrogen and oxygen atoms in total. The molecule has 7 N–H and O–H groups in total. The molecule has 0 saturated heterocycles. The molecular formula is C47H50N10O5S2. The van der Waals surface area contributed by atoms with E-state index in [9.17, 15) is 5.11 Å². The van der Waals surface area contributed by atoms with Crippen molar-refractivity contribution < 1.29 is 24.4 Å². The van der Waals surface area contributed by atoms with Crippen LogP contribution in [-0.2, 0) is 6.42 Å². The number of aromatic amines is 2. The second-order valence-corrected chi connectivity index (χ2v) is 16.3. The fourth-order valence-corrected chi connectivity index (χ4v) is 8.66. The number of phenolic OH excluding ortho intramolecular Hbond substituents is 1. The highest BCUT2D eigenvalue weighted by Gasteiger charge is 2.15. The Morgan fingerprint density at radius 1 is 0.703 bits per heavy atom. The smallest absolute Gasteiger partial charge is 0.163 e. The predicted octanol–water partition coefficient (Wildman–Crippen LogP) is 10.3. The van der Waals surface area contributed by atoms with E-state index in [1.54, 1.807) is 42.4 Å². The van der Waals surface area contributed by atoms with Gasteiger partial charge in [-0.05, 0) is 73.2 Å². The summed E-state index contributed by atoms with van der Waals surface area (Å²) in [5.74, 6) is 4.08. The van der Waals surface area contributed by atoms with Crippen molar-refractivity contribution in [1.29, 1.82) is 0 Å². The molecule has 17 heteroatoms. The van der Waals surface area contributed by atoms with Crippen LogP contribution in [0.15, 0.2) is 114 Å². The molecule has 0 aliphatic carbocycles. The van der Waals surface area contributed by atoms with Gasteiger partial charge < -0.3 is 50.3 Å². The van der Waals surface area contributed by atoms with Gasteiger partial charge in [-0.25, -0.2) is 24.9 Å². The number of hydrogen-bond donors (Lipinski definition) is 7. The predicted molar refractivity (Wildman–Crippen MR) is 260 cm³/mol. The van der Waals surface area contributed by atoms with Crippen LogP contribution in [0.2, 0.25) is 0 Å². The normalized spacial score (nSPS) is 12.0. The van der Waals surface area contributed by atoms with E-state index in [4.69, 9.17) is 19.3 Å². The molecule has 0 spiro atoms. The molecule has 0 unspecified atom stereocenters. The molecule has 6 heterocycles. The number of phenols is 1. The lowest BCUT2D eigenvalue weighted by atomic mass is 10.2. The Morgan fingerprint density at radius 2 is 1.31 bits per heavy atom. The van der Waals surface area contributed by atoms with E-state index in [0.29, 0.717) is 35.2 Å². The first-order valence-corrected chi connectivity index (χ1v) is 21.9. The molecule has 10 rings (SSSR count). The number of fused-ring (bicyclic) bond motifs is 4. The maximum Gasteiger partial charge on any atom is 0.163 e. The van der Waals surface area contributed by atoms with Crippen molar-refractivity contribution in [3.8, 4) is 23.0 Å². The zero-order valence-electron chi connectivity index (χ0n) is 35.0. The fraction of sp³-hybridized carbons (Fsp3) is 0.213. The number of aliphatic hydroxyl groups excluding tert-OH is 1. The van der Waals surface area contributed by atoms with Gasteiger partial charge in [-0.3, -0.25) is 0 Å². The largest absolute Gasteiger partial charge is 0.504 e. The Labute approximate surface area is 378 Å².